The third kappa shape index (κ3) is 6.55. The van der Waals surface area contributed by atoms with Crippen molar-refractivity contribution in [3.05, 3.63) is 71.6 Å². The van der Waals surface area contributed by atoms with Crippen LogP contribution in [0.5, 0.6) is 0 Å². The van der Waals surface area contributed by atoms with Crippen LogP contribution in [0.15, 0.2) is 61.0 Å². The number of hydrogen-bond acceptors (Lipinski definition) is 6. The van der Waals surface area contributed by atoms with Crippen LogP contribution in [0.4, 0.5) is 0 Å². The molecular formula is C33H46ClN7O. The maximum absolute atomic E-state index is 14.6. The Morgan fingerprint density at radius 1 is 1.02 bits per heavy atom. The van der Waals surface area contributed by atoms with Crippen LogP contribution in [0.1, 0.15) is 63.4 Å². The van der Waals surface area contributed by atoms with Gasteiger partial charge in [-0.25, -0.2) is 4.98 Å². The average molecular weight is 592 g/mol. The lowest BCUT2D eigenvalue weighted by Crippen LogP contribution is -2.56. The Morgan fingerprint density at radius 3 is 2.45 bits per heavy atom. The number of carbonyl (C=O) groups is 1. The van der Waals surface area contributed by atoms with E-state index >= 15 is 0 Å². The van der Waals surface area contributed by atoms with Gasteiger partial charge < -0.3 is 20.4 Å². The maximum Gasteiger partial charge on any atom is 0.245 e. The number of nitrogens with two attached hydrogens (primary N) is 1. The van der Waals surface area contributed by atoms with Crippen molar-refractivity contribution in [3.8, 4) is 0 Å². The molecule has 1 amide bonds. The Balaban J connectivity index is 1.23. The van der Waals surface area contributed by atoms with E-state index in [4.69, 9.17) is 17.3 Å². The Morgan fingerprint density at radius 2 is 1.76 bits per heavy atom. The molecule has 1 atom stereocenters. The minimum absolute atomic E-state index is 0.169. The second-order valence-electron chi connectivity index (χ2n) is 12.9. The zero-order valence-corrected chi connectivity index (χ0v) is 25.5. The van der Waals surface area contributed by atoms with Crippen LogP contribution in [0.3, 0.4) is 0 Å². The zero-order chi connectivity index (χ0) is 28.9. The van der Waals surface area contributed by atoms with Crippen molar-refractivity contribution in [2.45, 2.75) is 82.8 Å². The molecular weight excluding hydrogens is 546 g/mol. The third-order valence-corrected chi connectivity index (χ3v) is 10.6. The summed E-state index contributed by atoms with van der Waals surface area (Å²) in [4.78, 5) is 25.7. The molecule has 4 aliphatic rings. The second-order valence-corrected chi connectivity index (χ2v) is 13.3. The van der Waals surface area contributed by atoms with Gasteiger partial charge in [-0.2, -0.15) is 5.10 Å². The lowest BCUT2D eigenvalue weighted by atomic mass is 9.63. The fourth-order valence-electron chi connectivity index (χ4n) is 7.83. The van der Waals surface area contributed by atoms with Gasteiger partial charge in [0, 0.05) is 56.8 Å². The fraction of sp³-hybridized carbons (Fsp3) is 0.606. The quantitative estimate of drug-likeness (QED) is 0.472. The zero-order valence-electron chi connectivity index (χ0n) is 24.8. The maximum atomic E-state index is 14.6. The van der Waals surface area contributed by atoms with E-state index in [1.165, 1.54) is 32.1 Å². The molecule has 1 aromatic carbocycles. The fourth-order valence-corrected chi connectivity index (χ4v) is 7.95. The number of aromatic nitrogens is 3. The molecule has 0 unspecified atom stereocenters. The summed E-state index contributed by atoms with van der Waals surface area (Å²) < 4.78 is 2.02. The Labute approximate surface area is 255 Å². The van der Waals surface area contributed by atoms with Crippen LogP contribution in [-0.4, -0.2) is 80.2 Å². The van der Waals surface area contributed by atoms with E-state index in [9.17, 15) is 4.79 Å². The number of carbonyl (C=O) groups excluding carboxylic acids is 1. The molecule has 2 N–H and O–H groups in total. The van der Waals surface area contributed by atoms with Crippen molar-refractivity contribution in [3.63, 3.8) is 0 Å². The van der Waals surface area contributed by atoms with Crippen molar-refractivity contribution < 1.29 is 4.79 Å². The predicted molar refractivity (Wildman–Crippen MR) is 166 cm³/mol. The lowest BCUT2D eigenvalue weighted by Gasteiger charge is -2.49. The number of halogens is 1. The van der Waals surface area contributed by atoms with Crippen LogP contribution < -0.4 is 5.73 Å². The highest BCUT2D eigenvalue weighted by Crippen LogP contribution is 2.47. The number of amides is 1. The smallest absolute Gasteiger partial charge is 0.245 e. The van der Waals surface area contributed by atoms with E-state index in [2.05, 4.69) is 55.1 Å². The van der Waals surface area contributed by atoms with Gasteiger partial charge in [0.2, 0.25) is 5.91 Å². The largest absolute Gasteiger partial charge is 0.358 e. The highest BCUT2D eigenvalue weighted by Gasteiger charge is 2.44. The molecule has 8 nitrogen and oxygen atoms in total. The Bertz CT molecular complexity index is 1220. The first-order chi connectivity index (χ1) is 20.5. The van der Waals surface area contributed by atoms with E-state index in [0.717, 1.165) is 81.4 Å². The van der Waals surface area contributed by atoms with Crippen molar-refractivity contribution in [2.24, 2.45) is 17.1 Å². The summed E-state index contributed by atoms with van der Waals surface area (Å²) in [6.07, 6.45) is 21.2. The van der Waals surface area contributed by atoms with E-state index in [1.807, 2.05) is 23.1 Å². The molecule has 9 heteroatoms. The molecule has 0 radical (unpaired) electrons. The van der Waals surface area contributed by atoms with Gasteiger partial charge in [-0.15, -0.1) is 0 Å². The summed E-state index contributed by atoms with van der Waals surface area (Å²) in [6.45, 7) is 5.06. The lowest BCUT2D eigenvalue weighted by molar-refractivity contribution is -0.140. The van der Waals surface area contributed by atoms with Crippen LogP contribution in [0, 0.1) is 11.3 Å². The molecule has 2 saturated heterocycles. The third-order valence-electron chi connectivity index (χ3n) is 10.3. The number of allylic oxidation sites excluding steroid dienone is 2. The van der Waals surface area contributed by atoms with Crippen LogP contribution >= 0.6 is 11.6 Å². The average Bonchev–Trinajstić information content (AvgIpc) is 3.55. The van der Waals surface area contributed by atoms with Gasteiger partial charge in [0.1, 0.15) is 24.5 Å². The van der Waals surface area contributed by atoms with Gasteiger partial charge >= 0.3 is 0 Å². The summed E-state index contributed by atoms with van der Waals surface area (Å²) in [5, 5.41) is 5.21. The summed E-state index contributed by atoms with van der Waals surface area (Å²) in [5.74, 6) is 2.07. The highest BCUT2D eigenvalue weighted by molar-refractivity contribution is 6.30. The first kappa shape index (κ1) is 29.2. The monoisotopic (exact) mass is 591 g/mol. The van der Waals surface area contributed by atoms with Crippen molar-refractivity contribution >= 4 is 17.5 Å². The van der Waals surface area contributed by atoms with Crippen molar-refractivity contribution in [1.82, 2.24) is 29.5 Å². The predicted octanol–water partition coefficient (Wildman–Crippen LogP) is 4.87. The van der Waals surface area contributed by atoms with Gasteiger partial charge in [0.05, 0.1) is 0 Å². The van der Waals surface area contributed by atoms with Crippen LogP contribution in [0.2, 0.25) is 5.02 Å². The Kier molecular flexibility index (Phi) is 9.20. The molecule has 2 aromatic rings. The number of piperidine rings is 2. The first-order valence-electron chi connectivity index (χ1n) is 16.0. The molecule has 6 rings (SSSR count). The molecule has 3 aliphatic heterocycles. The standard InChI is InChI=1S/C33H46ClN7O/c34-28-11-9-26(10-12-28)22-30(41-17-5-4-8-31(41)38-18-13-29(35)14-19-38)32(42)39-20-15-33(16-21-39,23-40-25-36-24-37-40)27-6-2-1-3-7-27/h4-5,8-12,24-25,27,29-30H,1-3,6-7,13-23,35H2/t30-/m1/s1. The molecule has 1 aliphatic carbocycles. The number of benzene rings is 1. The van der Waals surface area contributed by atoms with E-state index < -0.39 is 0 Å². The van der Waals surface area contributed by atoms with Crippen molar-refractivity contribution in [2.75, 3.05) is 32.7 Å². The second kappa shape index (κ2) is 13.2. The summed E-state index contributed by atoms with van der Waals surface area (Å²) >= 11 is 6.23. The van der Waals surface area contributed by atoms with E-state index in [1.54, 1.807) is 6.33 Å². The molecule has 1 aromatic heterocycles. The molecule has 0 bridgehead atoms. The normalized spacial score (nSPS) is 22.7. The molecule has 226 valence electrons. The number of nitrogens with zero attached hydrogens (tertiary/aromatic N) is 6. The first-order valence-corrected chi connectivity index (χ1v) is 16.4. The minimum Gasteiger partial charge on any atom is -0.358 e. The molecule has 4 heterocycles. The van der Waals surface area contributed by atoms with Gasteiger partial charge in [-0.05, 0) is 73.6 Å². The molecule has 3 fully saturated rings. The molecule has 1 saturated carbocycles. The summed E-state index contributed by atoms with van der Waals surface area (Å²) in [7, 11) is 0. The van der Waals surface area contributed by atoms with Gasteiger partial charge in [0.25, 0.3) is 0 Å². The Hall–Kier alpha value is -2.84. The van der Waals surface area contributed by atoms with Gasteiger partial charge in [0.15, 0.2) is 0 Å². The highest BCUT2D eigenvalue weighted by atomic mass is 35.5. The number of hydrogen-bond donors (Lipinski definition) is 1. The summed E-state index contributed by atoms with van der Waals surface area (Å²) in [5.41, 5.74) is 7.55. The van der Waals surface area contributed by atoms with E-state index in [0.29, 0.717) is 12.3 Å². The van der Waals surface area contributed by atoms with Crippen LogP contribution in [-0.2, 0) is 17.8 Å². The van der Waals surface area contributed by atoms with Gasteiger partial charge in [-0.3, -0.25) is 9.48 Å². The minimum atomic E-state index is -0.282. The van der Waals surface area contributed by atoms with Crippen molar-refractivity contribution in [1.29, 1.82) is 0 Å². The van der Waals surface area contributed by atoms with E-state index in [-0.39, 0.29) is 23.4 Å². The summed E-state index contributed by atoms with van der Waals surface area (Å²) in [6, 6.07) is 7.97. The molecule has 42 heavy (non-hydrogen) atoms. The van der Waals surface area contributed by atoms with Crippen LogP contribution in [0.25, 0.3) is 0 Å². The number of likely N-dealkylation sites (tertiary alicyclic amines) is 2. The SMILES string of the molecule is NC1CCN(C2=CC=CCN2[C@H](Cc2ccc(Cl)cc2)C(=O)N2CCC(Cn3cncn3)(C3CCCCC3)CC2)CC1. The number of rotatable bonds is 8. The van der Waals surface area contributed by atoms with Gasteiger partial charge in [-0.1, -0.05) is 55.1 Å². The molecule has 0 spiro atoms. The topological polar surface area (TPSA) is 83.5 Å².